The van der Waals surface area contributed by atoms with Crippen LogP contribution in [-0.4, -0.2) is 29.3 Å². The van der Waals surface area contributed by atoms with Crippen molar-refractivity contribution >= 4 is 23.2 Å². The summed E-state index contributed by atoms with van der Waals surface area (Å²) in [6.07, 6.45) is 0. The van der Waals surface area contributed by atoms with Gasteiger partial charge in [-0.1, -0.05) is 6.07 Å². The summed E-state index contributed by atoms with van der Waals surface area (Å²) in [7, 11) is 0. The van der Waals surface area contributed by atoms with Crippen LogP contribution in [0.5, 0.6) is 11.5 Å². The predicted molar refractivity (Wildman–Crippen MR) is 63.7 cm³/mol. The highest BCUT2D eigenvalue weighted by Gasteiger charge is 2.25. The van der Waals surface area contributed by atoms with Crippen LogP contribution in [0, 0.1) is 0 Å². The summed E-state index contributed by atoms with van der Waals surface area (Å²) in [5.41, 5.74) is 0.966. The van der Waals surface area contributed by atoms with Gasteiger partial charge in [0.25, 0.3) is 0 Å². The molecule has 0 unspecified atom stereocenters. The monoisotopic (exact) mass is 250 g/mol. The Hall–Kier alpha value is -1.82. The van der Waals surface area contributed by atoms with Crippen LogP contribution in [-0.2, 0) is 11.3 Å². The summed E-state index contributed by atoms with van der Waals surface area (Å²) in [6.45, 7) is 0.992. The standard InChI is InChI=1S/C11H10N2O3S/c14-10-4-12-11(17)13(10)5-7-1-2-8-9(3-7)16-6-15-8/h1-3H,4-6H2,(H,12,17). The summed E-state index contributed by atoms with van der Waals surface area (Å²) in [5.74, 6) is 1.45. The van der Waals surface area contributed by atoms with Crippen LogP contribution < -0.4 is 14.8 Å². The van der Waals surface area contributed by atoms with Crippen molar-refractivity contribution < 1.29 is 14.3 Å². The van der Waals surface area contributed by atoms with Crippen LogP contribution >= 0.6 is 12.2 Å². The number of nitrogens with one attached hydrogen (secondary N) is 1. The zero-order chi connectivity index (χ0) is 11.8. The molecule has 0 aliphatic carbocycles. The van der Waals surface area contributed by atoms with Crippen molar-refractivity contribution in [1.82, 2.24) is 10.2 Å². The summed E-state index contributed by atoms with van der Waals surface area (Å²) < 4.78 is 10.5. The molecule has 0 bridgehead atoms. The molecule has 0 radical (unpaired) electrons. The number of carbonyl (C=O) groups is 1. The van der Waals surface area contributed by atoms with E-state index in [-0.39, 0.29) is 19.2 Å². The lowest BCUT2D eigenvalue weighted by molar-refractivity contribution is -0.124. The zero-order valence-electron chi connectivity index (χ0n) is 8.93. The van der Waals surface area contributed by atoms with Gasteiger partial charge in [-0.2, -0.15) is 0 Å². The summed E-state index contributed by atoms with van der Waals surface area (Å²) in [5, 5.41) is 3.32. The number of nitrogens with zero attached hydrogens (tertiary/aromatic N) is 1. The SMILES string of the molecule is O=C1CNC(=S)N1Cc1ccc2c(c1)OCO2. The minimum Gasteiger partial charge on any atom is -0.454 e. The molecule has 0 saturated carbocycles. The van der Waals surface area contributed by atoms with Crippen LogP contribution in [0.2, 0.25) is 0 Å². The van der Waals surface area contributed by atoms with Crippen molar-refractivity contribution in [2.75, 3.05) is 13.3 Å². The quantitative estimate of drug-likeness (QED) is 0.780. The van der Waals surface area contributed by atoms with E-state index < -0.39 is 0 Å². The minimum atomic E-state index is -0.00679. The topological polar surface area (TPSA) is 50.8 Å². The van der Waals surface area contributed by atoms with Crippen molar-refractivity contribution in [3.05, 3.63) is 23.8 Å². The second-order valence-electron chi connectivity index (χ2n) is 3.83. The number of fused-ring (bicyclic) bond motifs is 1. The number of amides is 1. The first-order chi connectivity index (χ1) is 8.24. The highest BCUT2D eigenvalue weighted by molar-refractivity contribution is 7.80. The van der Waals surface area contributed by atoms with Gasteiger partial charge in [0.2, 0.25) is 12.7 Å². The van der Waals surface area contributed by atoms with Gasteiger partial charge in [0.15, 0.2) is 16.6 Å². The van der Waals surface area contributed by atoms with Crippen molar-refractivity contribution in [1.29, 1.82) is 0 Å². The molecule has 1 fully saturated rings. The first-order valence-electron chi connectivity index (χ1n) is 5.21. The molecule has 17 heavy (non-hydrogen) atoms. The molecule has 2 aliphatic heterocycles. The fraction of sp³-hybridized carbons (Fsp3) is 0.273. The molecule has 1 aromatic rings. The van der Waals surface area contributed by atoms with E-state index in [1.54, 1.807) is 4.90 Å². The Labute approximate surface area is 103 Å². The van der Waals surface area contributed by atoms with E-state index in [2.05, 4.69) is 5.32 Å². The zero-order valence-corrected chi connectivity index (χ0v) is 9.75. The van der Waals surface area contributed by atoms with Gasteiger partial charge in [-0.25, -0.2) is 0 Å². The Morgan fingerprint density at radius 3 is 2.94 bits per heavy atom. The number of thiocarbonyl (C=S) groups is 1. The first kappa shape index (κ1) is 10.3. The van der Waals surface area contributed by atoms with E-state index in [0.29, 0.717) is 17.4 Å². The molecular weight excluding hydrogens is 240 g/mol. The molecule has 6 heteroatoms. The number of carbonyl (C=O) groups excluding carboxylic acids is 1. The Bertz CT molecular complexity index is 487. The van der Waals surface area contributed by atoms with E-state index in [1.165, 1.54) is 0 Å². The Morgan fingerprint density at radius 2 is 2.18 bits per heavy atom. The lowest BCUT2D eigenvalue weighted by Gasteiger charge is -2.14. The predicted octanol–water partition coefficient (Wildman–Crippen LogP) is 0.632. The van der Waals surface area contributed by atoms with Gasteiger partial charge < -0.3 is 14.8 Å². The van der Waals surface area contributed by atoms with E-state index in [1.807, 2.05) is 18.2 Å². The van der Waals surface area contributed by atoms with Crippen LogP contribution in [0.4, 0.5) is 0 Å². The number of ether oxygens (including phenoxy) is 2. The Balaban J connectivity index is 1.81. The number of hydrogen-bond acceptors (Lipinski definition) is 4. The largest absolute Gasteiger partial charge is 0.454 e. The molecule has 0 aromatic heterocycles. The maximum absolute atomic E-state index is 11.5. The molecule has 3 rings (SSSR count). The van der Waals surface area contributed by atoms with Crippen LogP contribution in [0.25, 0.3) is 0 Å². The molecule has 5 nitrogen and oxygen atoms in total. The van der Waals surface area contributed by atoms with Gasteiger partial charge in [-0.3, -0.25) is 9.69 Å². The maximum atomic E-state index is 11.5. The van der Waals surface area contributed by atoms with Crippen molar-refractivity contribution in [2.24, 2.45) is 0 Å². The second kappa shape index (κ2) is 3.89. The van der Waals surface area contributed by atoms with Gasteiger partial charge in [0.1, 0.15) is 0 Å². The van der Waals surface area contributed by atoms with Crippen LogP contribution in [0.3, 0.4) is 0 Å². The highest BCUT2D eigenvalue weighted by atomic mass is 32.1. The van der Waals surface area contributed by atoms with Gasteiger partial charge >= 0.3 is 0 Å². The smallest absolute Gasteiger partial charge is 0.248 e. The molecule has 2 aliphatic rings. The second-order valence-corrected chi connectivity index (χ2v) is 4.21. The third kappa shape index (κ3) is 1.80. The van der Waals surface area contributed by atoms with Gasteiger partial charge in [0.05, 0.1) is 13.1 Å². The Morgan fingerprint density at radius 1 is 1.35 bits per heavy atom. The average Bonchev–Trinajstić information content (AvgIpc) is 2.90. The minimum absolute atomic E-state index is 0.00679. The number of benzene rings is 1. The lowest BCUT2D eigenvalue weighted by atomic mass is 10.2. The van der Waals surface area contributed by atoms with Crippen molar-refractivity contribution in [3.63, 3.8) is 0 Å². The first-order valence-corrected chi connectivity index (χ1v) is 5.61. The van der Waals surface area contributed by atoms with Crippen LogP contribution in [0.1, 0.15) is 5.56 Å². The lowest BCUT2D eigenvalue weighted by Crippen LogP contribution is -2.30. The van der Waals surface area contributed by atoms with E-state index >= 15 is 0 Å². The fourth-order valence-corrected chi connectivity index (χ4v) is 2.08. The van der Waals surface area contributed by atoms with Crippen molar-refractivity contribution in [2.45, 2.75) is 6.54 Å². The molecule has 2 heterocycles. The maximum Gasteiger partial charge on any atom is 0.248 e. The molecule has 1 amide bonds. The average molecular weight is 250 g/mol. The van der Waals surface area contributed by atoms with Gasteiger partial charge in [0, 0.05) is 0 Å². The highest BCUT2D eigenvalue weighted by Crippen LogP contribution is 2.32. The van der Waals surface area contributed by atoms with E-state index in [9.17, 15) is 4.79 Å². The molecule has 1 aromatic carbocycles. The van der Waals surface area contributed by atoms with Gasteiger partial charge in [-0.15, -0.1) is 0 Å². The van der Waals surface area contributed by atoms with Crippen LogP contribution in [0.15, 0.2) is 18.2 Å². The number of hydrogen-bond donors (Lipinski definition) is 1. The molecule has 1 saturated heterocycles. The molecule has 0 atom stereocenters. The summed E-state index contributed by atoms with van der Waals surface area (Å²) >= 11 is 5.05. The van der Waals surface area contributed by atoms with E-state index in [0.717, 1.165) is 11.3 Å². The normalized spacial score (nSPS) is 17.5. The molecular formula is C11H10N2O3S. The summed E-state index contributed by atoms with van der Waals surface area (Å²) in [4.78, 5) is 13.1. The van der Waals surface area contributed by atoms with Crippen molar-refractivity contribution in [3.8, 4) is 11.5 Å². The fourth-order valence-electron chi connectivity index (χ4n) is 1.84. The van der Waals surface area contributed by atoms with E-state index in [4.69, 9.17) is 21.7 Å². The molecule has 88 valence electrons. The Kier molecular flexibility index (Phi) is 2.36. The molecule has 1 N–H and O–H groups in total. The van der Waals surface area contributed by atoms with Gasteiger partial charge in [-0.05, 0) is 29.9 Å². The molecule has 0 spiro atoms. The summed E-state index contributed by atoms with van der Waals surface area (Å²) in [6, 6.07) is 5.62. The third-order valence-electron chi connectivity index (χ3n) is 2.71. The number of rotatable bonds is 2. The third-order valence-corrected chi connectivity index (χ3v) is 3.08.